The van der Waals surface area contributed by atoms with Crippen LogP contribution in [-0.4, -0.2) is 21.4 Å². The second-order valence-electron chi connectivity index (χ2n) is 3.39. The summed E-state index contributed by atoms with van der Waals surface area (Å²) < 4.78 is 1.74. The Morgan fingerprint density at radius 1 is 1.50 bits per heavy atom. The van der Waals surface area contributed by atoms with Crippen LogP contribution in [0.5, 0.6) is 0 Å². The Labute approximate surface area is 108 Å². The minimum atomic E-state index is 0.523. The Morgan fingerprint density at radius 3 is 2.94 bits per heavy atom. The average molecular weight is 276 g/mol. The number of rotatable bonds is 3. The Kier molecular flexibility index (Phi) is 3.52. The van der Waals surface area contributed by atoms with Crippen LogP contribution in [0.1, 0.15) is 5.69 Å². The highest BCUT2D eigenvalue weighted by atomic mass is 35.5. The van der Waals surface area contributed by atoms with E-state index in [1.165, 1.54) is 0 Å². The fraction of sp³-hybridized carbons (Fsp3) is 0.300. The van der Waals surface area contributed by atoms with Crippen molar-refractivity contribution in [3.05, 3.63) is 28.0 Å². The fourth-order valence-corrected chi connectivity index (χ4v) is 2.43. The van der Waals surface area contributed by atoms with Gasteiger partial charge in [-0.25, -0.2) is 4.98 Å². The third-order valence-corrected chi connectivity index (χ3v) is 3.40. The van der Waals surface area contributed by atoms with Crippen LogP contribution >= 0.6 is 35.0 Å². The lowest BCUT2D eigenvalue weighted by molar-refractivity contribution is 1.09. The molecule has 16 heavy (non-hydrogen) atoms. The van der Waals surface area contributed by atoms with Crippen LogP contribution in [0.4, 0.5) is 5.82 Å². The molecule has 3 nitrogen and oxygen atoms in total. The van der Waals surface area contributed by atoms with E-state index in [0.717, 1.165) is 17.9 Å². The van der Waals surface area contributed by atoms with E-state index < -0.39 is 0 Å². The Hall–Kier alpha value is -0.580. The third kappa shape index (κ3) is 2.10. The summed E-state index contributed by atoms with van der Waals surface area (Å²) in [5.41, 5.74) is 7.53. The van der Waals surface area contributed by atoms with Gasteiger partial charge >= 0.3 is 0 Å². The topological polar surface area (TPSA) is 43.3 Å². The molecule has 0 fully saturated rings. The Bertz CT molecular complexity index is 524. The summed E-state index contributed by atoms with van der Waals surface area (Å²) >= 11 is 13.7. The minimum absolute atomic E-state index is 0.523. The van der Waals surface area contributed by atoms with Gasteiger partial charge in [0.25, 0.3) is 0 Å². The van der Waals surface area contributed by atoms with Gasteiger partial charge in [0.2, 0.25) is 0 Å². The quantitative estimate of drug-likeness (QED) is 0.936. The molecule has 0 aliphatic carbocycles. The molecule has 0 aliphatic heterocycles. The predicted octanol–water partition coefficient (Wildman–Crippen LogP) is 3.13. The van der Waals surface area contributed by atoms with E-state index in [1.807, 2.05) is 0 Å². The maximum atomic E-state index is 6.05. The SMILES string of the molecule is CSCCc1nc2c(Cl)cc(Cl)cn2c1N. The second kappa shape index (κ2) is 4.73. The number of pyridine rings is 1. The summed E-state index contributed by atoms with van der Waals surface area (Å²) in [6.07, 6.45) is 4.62. The number of hydrogen-bond acceptors (Lipinski definition) is 3. The van der Waals surface area contributed by atoms with E-state index in [0.29, 0.717) is 21.5 Å². The van der Waals surface area contributed by atoms with Crippen LogP contribution in [0.3, 0.4) is 0 Å². The molecule has 0 atom stereocenters. The molecule has 0 saturated carbocycles. The summed E-state index contributed by atoms with van der Waals surface area (Å²) in [4.78, 5) is 4.42. The maximum Gasteiger partial charge on any atom is 0.157 e. The lowest BCUT2D eigenvalue weighted by atomic mass is 10.3. The first kappa shape index (κ1) is 11.9. The molecule has 0 amide bonds. The normalized spacial score (nSPS) is 11.2. The van der Waals surface area contributed by atoms with Crippen LogP contribution < -0.4 is 5.73 Å². The van der Waals surface area contributed by atoms with Gasteiger partial charge in [0.15, 0.2) is 5.65 Å². The number of halogens is 2. The maximum absolute atomic E-state index is 6.05. The van der Waals surface area contributed by atoms with Crippen molar-refractivity contribution in [2.24, 2.45) is 0 Å². The number of aryl methyl sites for hydroxylation is 1. The monoisotopic (exact) mass is 275 g/mol. The molecule has 2 aromatic heterocycles. The zero-order valence-electron chi connectivity index (χ0n) is 8.70. The van der Waals surface area contributed by atoms with Gasteiger partial charge in [0.1, 0.15) is 5.82 Å². The van der Waals surface area contributed by atoms with Crippen molar-refractivity contribution in [1.82, 2.24) is 9.38 Å². The highest BCUT2D eigenvalue weighted by Gasteiger charge is 2.12. The van der Waals surface area contributed by atoms with Crippen LogP contribution in [0.2, 0.25) is 10.0 Å². The second-order valence-corrected chi connectivity index (χ2v) is 5.22. The number of nitrogen functional groups attached to an aromatic ring is 1. The highest BCUT2D eigenvalue weighted by Crippen LogP contribution is 2.26. The molecule has 0 unspecified atom stereocenters. The first-order valence-electron chi connectivity index (χ1n) is 4.74. The van der Waals surface area contributed by atoms with Crippen LogP contribution in [0, 0.1) is 0 Å². The predicted molar refractivity (Wildman–Crippen MR) is 71.7 cm³/mol. The zero-order valence-corrected chi connectivity index (χ0v) is 11.0. The summed E-state index contributed by atoms with van der Waals surface area (Å²) in [7, 11) is 0. The van der Waals surface area contributed by atoms with Crippen molar-refractivity contribution in [3.8, 4) is 0 Å². The van der Waals surface area contributed by atoms with E-state index >= 15 is 0 Å². The molecule has 2 rings (SSSR count). The number of nitrogens with zero attached hydrogens (tertiary/aromatic N) is 2. The molecule has 0 aromatic carbocycles. The number of anilines is 1. The lowest BCUT2D eigenvalue weighted by Crippen LogP contribution is -1.97. The summed E-state index contributed by atoms with van der Waals surface area (Å²) in [6, 6.07) is 1.67. The van der Waals surface area contributed by atoms with Gasteiger partial charge in [-0.1, -0.05) is 23.2 Å². The summed E-state index contributed by atoms with van der Waals surface area (Å²) in [5, 5.41) is 1.08. The van der Waals surface area contributed by atoms with Gasteiger partial charge < -0.3 is 5.73 Å². The van der Waals surface area contributed by atoms with E-state index in [2.05, 4.69) is 11.2 Å². The molecular weight excluding hydrogens is 265 g/mol. The number of imidazole rings is 1. The number of nitrogens with two attached hydrogens (primary N) is 1. The molecule has 2 aromatic rings. The zero-order chi connectivity index (χ0) is 11.7. The molecule has 86 valence electrons. The van der Waals surface area contributed by atoms with Gasteiger partial charge in [-0.15, -0.1) is 0 Å². The molecule has 6 heteroatoms. The Balaban J connectivity index is 2.54. The lowest BCUT2D eigenvalue weighted by Gasteiger charge is -1.99. The van der Waals surface area contributed by atoms with Crippen molar-refractivity contribution in [2.75, 3.05) is 17.7 Å². The molecule has 2 heterocycles. The van der Waals surface area contributed by atoms with Gasteiger partial charge in [-0.05, 0) is 18.1 Å². The minimum Gasteiger partial charge on any atom is -0.383 e. The smallest absolute Gasteiger partial charge is 0.157 e. The van der Waals surface area contributed by atoms with Gasteiger partial charge in [0, 0.05) is 12.6 Å². The fourth-order valence-electron chi connectivity index (χ4n) is 1.52. The molecule has 0 saturated heterocycles. The first-order chi connectivity index (χ1) is 7.63. The average Bonchev–Trinajstić information content (AvgIpc) is 2.54. The molecule has 0 spiro atoms. The molecule has 0 aliphatic rings. The summed E-state index contributed by atoms with van der Waals surface area (Å²) in [6.45, 7) is 0. The number of hydrogen-bond donors (Lipinski definition) is 1. The first-order valence-corrected chi connectivity index (χ1v) is 6.89. The largest absolute Gasteiger partial charge is 0.383 e. The van der Waals surface area contributed by atoms with Gasteiger partial charge in [0.05, 0.1) is 15.7 Å². The third-order valence-electron chi connectivity index (χ3n) is 2.30. The molecular formula is C10H11Cl2N3S. The van der Waals surface area contributed by atoms with Crippen LogP contribution in [0.15, 0.2) is 12.3 Å². The summed E-state index contributed by atoms with van der Waals surface area (Å²) in [5.74, 6) is 1.60. The van der Waals surface area contributed by atoms with Crippen molar-refractivity contribution in [3.63, 3.8) is 0 Å². The molecule has 0 radical (unpaired) electrons. The van der Waals surface area contributed by atoms with E-state index in [4.69, 9.17) is 28.9 Å². The van der Waals surface area contributed by atoms with E-state index in [1.54, 1.807) is 28.4 Å². The van der Waals surface area contributed by atoms with Crippen molar-refractivity contribution >= 4 is 46.4 Å². The number of aromatic nitrogens is 2. The van der Waals surface area contributed by atoms with E-state index in [-0.39, 0.29) is 0 Å². The van der Waals surface area contributed by atoms with Crippen LogP contribution in [-0.2, 0) is 6.42 Å². The molecule has 2 N–H and O–H groups in total. The number of thioether (sulfide) groups is 1. The van der Waals surface area contributed by atoms with Gasteiger partial charge in [-0.3, -0.25) is 4.40 Å². The van der Waals surface area contributed by atoms with Crippen molar-refractivity contribution < 1.29 is 0 Å². The highest BCUT2D eigenvalue weighted by molar-refractivity contribution is 7.98. The van der Waals surface area contributed by atoms with Crippen LogP contribution in [0.25, 0.3) is 5.65 Å². The molecule has 0 bridgehead atoms. The Morgan fingerprint density at radius 2 is 2.25 bits per heavy atom. The van der Waals surface area contributed by atoms with Crippen molar-refractivity contribution in [1.29, 1.82) is 0 Å². The van der Waals surface area contributed by atoms with Gasteiger partial charge in [-0.2, -0.15) is 11.8 Å². The number of fused-ring (bicyclic) bond motifs is 1. The standard InChI is InChI=1S/C10H11Cl2N3S/c1-16-3-2-8-9(13)15-5-6(11)4-7(12)10(15)14-8/h4-5H,2-3,13H2,1H3. The van der Waals surface area contributed by atoms with Crippen molar-refractivity contribution in [2.45, 2.75) is 6.42 Å². The van der Waals surface area contributed by atoms with E-state index in [9.17, 15) is 0 Å².